The van der Waals surface area contributed by atoms with Crippen LogP contribution in [-0.2, 0) is 0 Å². The van der Waals surface area contributed by atoms with E-state index in [2.05, 4.69) is 138 Å². The summed E-state index contributed by atoms with van der Waals surface area (Å²) in [7, 11) is 2.79. The van der Waals surface area contributed by atoms with Gasteiger partial charge >= 0.3 is 0 Å². The summed E-state index contributed by atoms with van der Waals surface area (Å²) in [5.41, 5.74) is 0.551. The first-order valence-electron chi connectivity index (χ1n) is 42.6. The topological polar surface area (TPSA) is 388 Å². The number of nitrogens with one attached hydrogen (secondary N) is 8. The van der Waals surface area contributed by atoms with E-state index in [1.807, 2.05) is 0 Å². The van der Waals surface area contributed by atoms with Gasteiger partial charge < -0.3 is 81.8 Å². The number of amides is 8. The van der Waals surface area contributed by atoms with E-state index >= 15 is 0 Å². The van der Waals surface area contributed by atoms with Crippen molar-refractivity contribution in [2.45, 2.75) is 81.1 Å². The number of hydrogen-bond acceptors (Lipinski definition) is 22. The summed E-state index contributed by atoms with van der Waals surface area (Å²) >= 11 is 0. The Morgan fingerprint density at radius 1 is 0.317 bits per heavy atom. The van der Waals surface area contributed by atoms with Crippen LogP contribution in [0.15, 0.2) is 190 Å². The number of azo groups is 2. The first-order valence-corrected chi connectivity index (χ1v) is 42.6. The molecule has 30 nitrogen and oxygen atoms in total. The van der Waals surface area contributed by atoms with Crippen molar-refractivity contribution in [3.05, 3.63) is 237 Å². The Labute approximate surface area is 732 Å². The molecule has 656 valence electrons. The standard InChI is InChI=1S/C96H108N16O14/c1-11-109(12-2)43-23-39-97-89(117)63-47-64(90(118)98-40-24-44-110(13-3)14-4)50-69(49-63)103-93(121)61-31-37-81(125-9)79(55-61)105-107-83-71-29-21-19-27-59(71)53-77(87(83)115)95(123)101-67-33-35-73-75(57-67)85(113)74-36-34-68(58-76(74)86(73)114)102-96(124)78-54-60-28-20-22-30-72(60)84(88(78)116)108-106-80-56-62(32-38-82(80)126-10)94(122)104-70-51-65(91(119)99-41-25-45-111(15-5)16-6)48-66(52-70)92(120)100-42-26-46-112(17-7)18-8/h19-22,27-38,47-58,115-116H,11-18,23-26,39-46H2,1-10H3,(H,97,117)(H,98,118)(H,99,119)(H,100,120)(H,101,123)(H,102,124)(H,103,121)(H,104,122). The zero-order chi connectivity index (χ0) is 90.1. The number of benzene rings is 10. The van der Waals surface area contributed by atoms with Gasteiger partial charge in [-0.3, -0.25) is 47.9 Å². The summed E-state index contributed by atoms with van der Waals surface area (Å²) in [6.07, 6.45) is 2.80. The lowest BCUT2D eigenvalue weighted by molar-refractivity contribution is 0.0936. The molecular weight excluding hydrogens is 1600 g/mol. The molecule has 8 amide bonds. The van der Waals surface area contributed by atoms with Crippen LogP contribution < -0.4 is 52.0 Å². The SMILES string of the molecule is CCN(CC)CCCNC(=O)c1cc(NC(=O)c2ccc(OC)c(N=Nc3c(O)c(C(=O)Nc4ccc5c(c4)C(=O)c4ccc(NC(=O)c6cc7ccccc7c(N=Nc7cc(C(=O)Nc8cc(C(=O)NCCCN(CC)CC)cc(C(=O)NCCCN(CC)CC)c8)ccc7OC)c6O)cc4C5=O)cc4ccccc34)c2)cc(C(=O)NCCCN(CC)CC)c1. The number of methoxy groups -OCH3 is 2. The Bertz CT molecular complexity index is 5350. The molecule has 0 atom stereocenters. The quantitative estimate of drug-likeness (QED) is 0.0125. The molecule has 0 radical (unpaired) electrons. The zero-order valence-electron chi connectivity index (χ0n) is 72.7. The van der Waals surface area contributed by atoms with E-state index in [9.17, 15) is 58.2 Å². The van der Waals surface area contributed by atoms with Gasteiger partial charge in [-0.1, -0.05) is 104 Å². The highest BCUT2D eigenvalue weighted by atomic mass is 16.5. The third kappa shape index (κ3) is 23.1. The van der Waals surface area contributed by atoms with Crippen molar-refractivity contribution in [3.8, 4) is 23.0 Å². The molecule has 0 saturated heterocycles. The predicted molar refractivity (Wildman–Crippen MR) is 489 cm³/mol. The van der Waals surface area contributed by atoms with Gasteiger partial charge in [-0.25, -0.2) is 0 Å². The smallest absolute Gasteiger partial charge is 0.259 e. The van der Waals surface area contributed by atoms with Gasteiger partial charge in [0.15, 0.2) is 23.1 Å². The van der Waals surface area contributed by atoms with Crippen LogP contribution in [0.5, 0.6) is 23.0 Å². The molecule has 1 aliphatic rings. The normalized spacial score (nSPS) is 11.8. The van der Waals surface area contributed by atoms with Gasteiger partial charge in [-0.2, -0.15) is 0 Å². The van der Waals surface area contributed by atoms with Crippen molar-refractivity contribution in [1.82, 2.24) is 40.9 Å². The number of ketones is 2. The molecule has 30 heteroatoms. The Morgan fingerprint density at radius 2 is 0.627 bits per heavy atom. The van der Waals surface area contributed by atoms with Crippen LogP contribution in [0.2, 0.25) is 0 Å². The minimum Gasteiger partial charge on any atom is -0.505 e. The van der Waals surface area contributed by atoms with Gasteiger partial charge in [-0.15, -0.1) is 20.5 Å². The molecule has 10 aromatic rings. The third-order valence-electron chi connectivity index (χ3n) is 22.2. The van der Waals surface area contributed by atoms with Gasteiger partial charge in [0, 0.05) is 115 Å². The van der Waals surface area contributed by atoms with Crippen molar-refractivity contribution < 1.29 is 67.6 Å². The molecule has 1 aliphatic carbocycles. The number of carbonyl (C=O) groups is 10. The number of carbonyl (C=O) groups excluding carboxylic acids is 10. The molecule has 0 unspecified atom stereocenters. The van der Waals surface area contributed by atoms with E-state index in [0.29, 0.717) is 73.4 Å². The number of anilines is 4. The van der Waals surface area contributed by atoms with E-state index in [-0.39, 0.29) is 124 Å². The first kappa shape index (κ1) is 92.8. The maximum atomic E-state index is 14.5. The molecule has 0 aliphatic heterocycles. The molecule has 0 spiro atoms. The van der Waals surface area contributed by atoms with Gasteiger partial charge in [0.25, 0.3) is 47.3 Å². The van der Waals surface area contributed by atoms with E-state index < -0.39 is 70.3 Å². The molecule has 126 heavy (non-hydrogen) atoms. The minimum absolute atomic E-state index is 0.0144. The van der Waals surface area contributed by atoms with Crippen LogP contribution in [0.3, 0.4) is 0 Å². The first-order chi connectivity index (χ1) is 60.9. The fourth-order valence-corrected chi connectivity index (χ4v) is 14.8. The second kappa shape index (κ2) is 44.4. The zero-order valence-corrected chi connectivity index (χ0v) is 72.7. The summed E-state index contributed by atoms with van der Waals surface area (Å²) in [6.45, 7) is 28.3. The molecule has 0 heterocycles. The number of fused-ring (bicyclic) bond motifs is 4. The van der Waals surface area contributed by atoms with E-state index in [1.165, 1.54) is 136 Å². The second-order valence-corrected chi connectivity index (χ2v) is 30.0. The van der Waals surface area contributed by atoms with Crippen LogP contribution in [0.4, 0.5) is 45.5 Å². The Balaban J connectivity index is 0.780. The largest absolute Gasteiger partial charge is 0.505 e. The fraction of sp³-hybridized carbons (Fsp3) is 0.312. The van der Waals surface area contributed by atoms with Crippen molar-refractivity contribution in [3.63, 3.8) is 0 Å². The highest BCUT2D eigenvalue weighted by molar-refractivity contribution is 6.29. The van der Waals surface area contributed by atoms with Gasteiger partial charge in [0.2, 0.25) is 0 Å². The number of phenolic OH excluding ortho intramolecular Hbond substituents is 2. The lowest BCUT2D eigenvalue weighted by Crippen LogP contribution is -2.31. The van der Waals surface area contributed by atoms with Crippen molar-refractivity contribution in [2.24, 2.45) is 20.5 Å². The summed E-state index contributed by atoms with van der Waals surface area (Å²) in [4.78, 5) is 150. The molecule has 10 N–H and O–H groups in total. The van der Waals surface area contributed by atoms with E-state index in [0.717, 1.165) is 78.5 Å². The van der Waals surface area contributed by atoms with Gasteiger partial charge in [0.05, 0.1) is 25.3 Å². The molecule has 0 aromatic heterocycles. The van der Waals surface area contributed by atoms with Crippen molar-refractivity contribution >= 4 is 126 Å². The average molecular weight is 1710 g/mol. The van der Waals surface area contributed by atoms with Gasteiger partial charge in [0.1, 0.15) is 34.2 Å². The fourth-order valence-electron chi connectivity index (χ4n) is 14.8. The van der Waals surface area contributed by atoms with Crippen LogP contribution in [0, 0.1) is 0 Å². The maximum absolute atomic E-state index is 14.5. The van der Waals surface area contributed by atoms with Crippen LogP contribution in [0.1, 0.15) is 196 Å². The highest BCUT2D eigenvalue weighted by Gasteiger charge is 2.32. The number of aromatic hydroxyl groups is 2. The molecular formula is C96H108N16O14. The monoisotopic (exact) mass is 1710 g/mol. The number of phenols is 2. The Hall–Kier alpha value is -13.9. The van der Waals surface area contributed by atoms with Crippen LogP contribution in [0.25, 0.3) is 21.5 Å². The lowest BCUT2D eigenvalue weighted by Gasteiger charge is -2.20. The average Bonchev–Trinajstić information content (AvgIpc) is 0.724. The number of ether oxygens (including phenoxy) is 2. The molecule has 0 fully saturated rings. The highest BCUT2D eigenvalue weighted by Crippen LogP contribution is 2.44. The number of rotatable bonds is 42. The van der Waals surface area contributed by atoms with E-state index in [1.54, 1.807) is 48.5 Å². The van der Waals surface area contributed by atoms with Crippen LogP contribution >= 0.6 is 0 Å². The third-order valence-corrected chi connectivity index (χ3v) is 22.2. The molecule has 10 aromatic carbocycles. The summed E-state index contributed by atoms with van der Waals surface area (Å²) < 4.78 is 11.3. The van der Waals surface area contributed by atoms with E-state index in [4.69, 9.17) is 9.47 Å². The molecule has 0 saturated carbocycles. The van der Waals surface area contributed by atoms with Crippen LogP contribution in [-0.4, -0.2) is 208 Å². The summed E-state index contributed by atoms with van der Waals surface area (Å²) in [5.74, 6) is -6.57. The summed E-state index contributed by atoms with van der Waals surface area (Å²) in [5, 5.41) is 66.6. The number of nitrogens with zero attached hydrogens (tertiary/aromatic N) is 8. The number of hydrogen-bond donors (Lipinski definition) is 10. The Kier molecular flexibility index (Phi) is 32.7. The molecule has 11 rings (SSSR count). The maximum Gasteiger partial charge on any atom is 0.259 e. The summed E-state index contributed by atoms with van der Waals surface area (Å²) in [6, 6.07) is 42.5. The van der Waals surface area contributed by atoms with Crippen molar-refractivity contribution in [1.29, 1.82) is 0 Å². The lowest BCUT2D eigenvalue weighted by atomic mass is 9.83. The molecule has 0 bridgehead atoms. The predicted octanol–water partition coefficient (Wildman–Crippen LogP) is 15.9. The minimum atomic E-state index is -0.829. The van der Waals surface area contributed by atoms with Crippen molar-refractivity contribution in [2.75, 3.05) is 140 Å². The second-order valence-electron chi connectivity index (χ2n) is 30.0. The van der Waals surface area contributed by atoms with Gasteiger partial charge in [-0.05, 0) is 236 Å². The Morgan fingerprint density at radius 3 is 0.937 bits per heavy atom.